The lowest BCUT2D eigenvalue weighted by Gasteiger charge is -2.00. The highest BCUT2D eigenvalue weighted by atomic mass is 16.3. The van der Waals surface area contributed by atoms with Gasteiger partial charge in [-0.2, -0.15) is 0 Å². The summed E-state index contributed by atoms with van der Waals surface area (Å²) in [5.41, 5.74) is 1.33. The average molecular weight is 216 g/mol. The van der Waals surface area contributed by atoms with E-state index in [1.54, 1.807) is 18.2 Å². The van der Waals surface area contributed by atoms with Crippen LogP contribution in [0.3, 0.4) is 0 Å². The molecule has 0 saturated carbocycles. The second kappa shape index (κ2) is 5.66. The van der Waals surface area contributed by atoms with Gasteiger partial charge in [0.15, 0.2) is 5.78 Å². The molecule has 3 nitrogen and oxygen atoms in total. The molecule has 1 rings (SSSR count). The minimum Gasteiger partial charge on any atom is -0.507 e. The van der Waals surface area contributed by atoms with Gasteiger partial charge < -0.3 is 5.11 Å². The molecule has 0 atom stereocenters. The number of phenolic OH excluding ortho intramolecular Hbond substituents is 1. The van der Waals surface area contributed by atoms with Crippen molar-refractivity contribution in [2.45, 2.75) is 6.92 Å². The first kappa shape index (κ1) is 11.9. The molecular formula is C13H12O3. The van der Waals surface area contributed by atoms with Crippen LogP contribution in [-0.2, 0) is 9.59 Å². The molecule has 0 saturated heterocycles. The highest BCUT2D eigenvalue weighted by Gasteiger charge is 1.98. The number of carbonyl (C=O) groups excluding carboxylic acids is 2. The quantitative estimate of drug-likeness (QED) is 0.620. The minimum atomic E-state index is -0.0896. The van der Waals surface area contributed by atoms with Crippen molar-refractivity contribution in [3.63, 3.8) is 0 Å². The first-order chi connectivity index (χ1) is 7.63. The summed E-state index contributed by atoms with van der Waals surface area (Å²) in [6, 6.07) is 4.89. The number of hydrogen-bond acceptors (Lipinski definition) is 3. The van der Waals surface area contributed by atoms with E-state index in [2.05, 4.69) is 0 Å². The molecule has 1 N–H and O–H groups in total. The molecule has 0 radical (unpaired) electrons. The number of ketones is 1. The molecule has 0 spiro atoms. The Balaban J connectivity index is 3.03. The second-order valence-electron chi connectivity index (χ2n) is 3.26. The van der Waals surface area contributed by atoms with Crippen LogP contribution >= 0.6 is 0 Å². The van der Waals surface area contributed by atoms with Crippen LogP contribution < -0.4 is 0 Å². The predicted molar refractivity (Wildman–Crippen MR) is 62.9 cm³/mol. The molecule has 0 aromatic heterocycles. The SMILES string of the molecule is CC(=O)/C=C/c1cc(/C=C/C=O)ccc1O. The van der Waals surface area contributed by atoms with Crippen molar-refractivity contribution in [3.05, 3.63) is 41.5 Å². The van der Waals surface area contributed by atoms with E-state index >= 15 is 0 Å². The Kier molecular flexibility index (Phi) is 4.21. The maximum absolute atomic E-state index is 10.8. The van der Waals surface area contributed by atoms with E-state index in [9.17, 15) is 14.7 Å². The summed E-state index contributed by atoms with van der Waals surface area (Å²) >= 11 is 0. The standard InChI is InChI=1S/C13H12O3/c1-10(15)4-6-12-9-11(3-2-8-14)5-7-13(12)16/h2-9,16H,1H3/b3-2+,6-4+. The molecule has 16 heavy (non-hydrogen) atoms. The fraction of sp³-hybridized carbons (Fsp3) is 0.0769. The number of benzene rings is 1. The lowest BCUT2D eigenvalue weighted by molar-refractivity contribution is -0.112. The average Bonchev–Trinajstić information content (AvgIpc) is 2.26. The van der Waals surface area contributed by atoms with E-state index in [0.29, 0.717) is 11.8 Å². The summed E-state index contributed by atoms with van der Waals surface area (Å²) in [6.45, 7) is 1.43. The molecule has 3 heteroatoms. The maximum Gasteiger partial charge on any atom is 0.152 e. The van der Waals surface area contributed by atoms with Gasteiger partial charge in [-0.15, -0.1) is 0 Å². The molecule has 0 fully saturated rings. The Labute approximate surface area is 93.7 Å². The zero-order valence-corrected chi connectivity index (χ0v) is 8.88. The van der Waals surface area contributed by atoms with Crippen LogP contribution in [0.25, 0.3) is 12.2 Å². The Morgan fingerprint density at radius 1 is 1.31 bits per heavy atom. The van der Waals surface area contributed by atoms with Gasteiger partial charge in [-0.1, -0.05) is 12.1 Å². The first-order valence-corrected chi connectivity index (χ1v) is 4.77. The zero-order valence-electron chi connectivity index (χ0n) is 8.88. The molecule has 0 bridgehead atoms. The van der Waals surface area contributed by atoms with E-state index in [4.69, 9.17) is 0 Å². The van der Waals surface area contributed by atoms with Crippen molar-refractivity contribution in [2.75, 3.05) is 0 Å². The molecule has 0 amide bonds. The van der Waals surface area contributed by atoms with E-state index in [-0.39, 0.29) is 11.5 Å². The predicted octanol–water partition coefficient (Wildman–Crippen LogP) is 2.21. The van der Waals surface area contributed by atoms with Crippen molar-refractivity contribution in [2.24, 2.45) is 0 Å². The van der Waals surface area contributed by atoms with Crippen molar-refractivity contribution in [1.29, 1.82) is 0 Å². The fourth-order valence-electron chi connectivity index (χ4n) is 1.17. The van der Waals surface area contributed by atoms with Crippen LogP contribution in [0.5, 0.6) is 5.75 Å². The van der Waals surface area contributed by atoms with Crippen LogP contribution in [0, 0.1) is 0 Å². The third kappa shape index (κ3) is 3.53. The molecule has 0 aliphatic carbocycles. The van der Waals surface area contributed by atoms with Gasteiger partial charge in [-0.05, 0) is 42.8 Å². The Hall–Kier alpha value is -2.16. The van der Waals surface area contributed by atoms with Crippen molar-refractivity contribution < 1.29 is 14.7 Å². The summed E-state index contributed by atoms with van der Waals surface area (Å²) in [4.78, 5) is 20.9. The number of phenols is 1. The lowest BCUT2D eigenvalue weighted by Crippen LogP contribution is -1.82. The normalized spacial score (nSPS) is 11.1. The molecule has 82 valence electrons. The monoisotopic (exact) mass is 216 g/mol. The molecule has 1 aromatic rings. The lowest BCUT2D eigenvalue weighted by atomic mass is 10.1. The minimum absolute atomic E-state index is 0.0896. The topological polar surface area (TPSA) is 54.4 Å². The van der Waals surface area contributed by atoms with E-state index in [0.717, 1.165) is 5.56 Å². The fourth-order valence-corrected chi connectivity index (χ4v) is 1.17. The highest BCUT2D eigenvalue weighted by molar-refractivity contribution is 5.92. The van der Waals surface area contributed by atoms with Gasteiger partial charge in [0, 0.05) is 5.56 Å². The van der Waals surface area contributed by atoms with Gasteiger partial charge in [0.05, 0.1) is 0 Å². The summed E-state index contributed by atoms with van der Waals surface area (Å²) in [5.74, 6) is 0.00832. The van der Waals surface area contributed by atoms with Crippen LogP contribution in [0.4, 0.5) is 0 Å². The van der Waals surface area contributed by atoms with Crippen LogP contribution in [0.1, 0.15) is 18.1 Å². The summed E-state index contributed by atoms with van der Waals surface area (Å²) in [7, 11) is 0. The second-order valence-corrected chi connectivity index (χ2v) is 3.26. The smallest absolute Gasteiger partial charge is 0.152 e. The molecule has 0 aliphatic heterocycles. The maximum atomic E-state index is 10.8. The Morgan fingerprint density at radius 2 is 2.06 bits per heavy atom. The van der Waals surface area contributed by atoms with Gasteiger partial charge in [0.2, 0.25) is 0 Å². The van der Waals surface area contributed by atoms with Gasteiger partial charge in [0.25, 0.3) is 0 Å². The van der Waals surface area contributed by atoms with Gasteiger partial charge in [0.1, 0.15) is 12.0 Å². The molecule has 1 aromatic carbocycles. The highest BCUT2D eigenvalue weighted by Crippen LogP contribution is 2.20. The van der Waals surface area contributed by atoms with E-state index in [1.165, 1.54) is 31.2 Å². The number of hydrogen-bond donors (Lipinski definition) is 1. The molecule has 0 heterocycles. The summed E-state index contributed by atoms with van der Waals surface area (Å²) in [6.07, 6.45) is 6.58. The molecule has 0 aliphatic rings. The summed E-state index contributed by atoms with van der Waals surface area (Å²) < 4.78 is 0. The van der Waals surface area contributed by atoms with Gasteiger partial charge >= 0.3 is 0 Å². The van der Waals surface area contributed by atoms with Crippen molar-refractivity contribution in [1.82, 2.24) is 0 Å². The number of rotatable bonds is 4. The van der Waals surface area contributed by atoms with Crippen LogP contribution in [-0.4, -0.2) is 17.2 Å². The number of aldehydes is 1. The number of aromatic hydroxyl groups is 1. The van der Waals surface area contributed by atoms with Gasteiger partial charge in [-0.3, -0.25) is 9.59 Å². The van der Waals surface area contributed by atoms with Crippen molar-refractivity contribution >= 4 is 24.2 Å². The molecule has 0 unspecified atom stereocenters. The molecular weight excluding hydrogens is 204 g/mol. The van der Waals surface area contributed by atoms with E-state index < -0.39 is 0 Å². The third-order valence-electron chi connectivity index (χ3n) is 1.92. The Bertz CT molecular complexity index is 456. The first-order valence-electron chi connectivity index (χ1n) is 4.77. The largest absolute Gasteiger partial charge is 0.507 e. The zero-order chi connectivity index (χ0) is 12.0. The Morgan fingerprint density at radius 3 is 2.69 bits per heavy atom. The van der Waals surface area contributed by atoms with E-state index in [1.807, 2.05) is 0 Å². The summed E-state index contributed by atoms with van der Waals surface area (Å²) in [5, 5.41) is 9.52. The van der Waals surface area contributed by atoms with Gasteiger partial charge in [-0.25, -0.2) is 0 Å². The number of carbonyl (C=O) groups is 2. The van der Waals surface area contributed by atoms with Crippen molar-refractivity contribution in [3.8, 4) is 5.75 Å². The van der Waals surface area contributed by atoms with Crippen LogP contribution in [0.2, 0.25) is 0 Å². The number of allylic oxidation sites excluding steroid dienone is 2. The van der Waals surface area contributed by atoms with Crippen LogP contribution in [0.15, 0.2) is 30.4 Å². The third-order valence-corrected chi connectivity index (χ3v) is 1.92.